The lowest BCUT2D eigenvalue weighted by molar-refractivity contribution is -0.138. The van der Waals surface area contributed by atoms with Crippen LogP contribution in [0.5, 0.6) is 0 Å². The summed E-state index contributed by atoms with van der Waals surface area (Å²) < 4.78 is 77.9. The maximum atomic E-state index is 13.1. The molecule has 0 N–H and O–H groups in total. The summed E-state index contributed by atoms with van der Waals surface area (Å²) >= 11 is 2.09. The van der Waals surface area contributed by atoms with E-state index in [1.165, 1.54) is 12.1 Å². The van der Waals surface area contributed by atoms with Gasteiger partial charge in [-0.3, -0.25) is 0 Å². The van der Waals surface area contributed by atoms with E-state index in [1.807, 2.05) is 19.1 Å². The number of thioether (sulfide) groups is 2. The molecule has 0 atom stereocenters. The van der Waals surface area contributed by atoms with Gasteiger partial charge in [-0.25, -0.2) is 4.99 Å². The number of aryl methyl sites for hydroxylation is 1. The Hall–Kier alpha value is -2.65. The average Bonchev–Trinajstić information content (AvgIpc) is 2.74. The summed E-state index contributed by atoms with van der Waals surface area (Å²) in [5.41, 5.74) is 0.0952. The molecule has 0 aliphatic rings. The molecule has 3 aromatic rings. The van der Waals surface area contributed by atoms with Crippen molar-refractivity contribution in [2.75, 3.05) is 0 Å². The Balaban J connectivity index is 1.86. The third-order valence-corrected chi connectivity index (χ3v) is 5.96. The molecule has 3 rings (SSSR count). The van der Waals surface area contributed by atoms with Crippen LogP contribution in [0, 0.1) is 6.92 Å². The highest BCUT2D eigenvalue weighted by atomic mass is 32.2. The van der Waals surface area contributed by atoms with E-state index < -0.39 is 23.5 Å². The van der Waals surface area contributed by atoms with Crippen LogP contribution in [0.1, 0.15) is 16.7 Å². The Morgan fingerprint density at radius 1 is 0.758 bits per heavy atom. The van der Waals surface area contributed by atoms with Crippen molar-refractivity contribution in [3.8, 4) is 0 Å². The minimum Gasteiger partial charge on any atom is -0.242 e. The molecule has 172 valence electrons. The van der Waals surface area contributed by atoms with Crippen LogP contribution in [0.4, 0.5) is 32.0 Å². The molecule has 3 aromatic carbocycles. The molecule has 0 saturated carbocycles. The quantitative estimate of drug-likeness (QED) is 0.151. The van der Waals surface area contributed by atoms with E-state index in [0.29, 0.717) is 20.5 Å². The van der Waals surface area contributed by atoms with Crippen molar-refractivity contribution in [3.05, 3.63) is 101 Å². The first-order valence-electron chi connectivity index (χ1n) is 9.52. The molecule has 1 nitrogen and oxygen atoms in total. The second-order valence-corrected chi connectivity index (χ2v) is 8.93. The van der Waals surface area contributed by atoms with Crippen LogP contribution < -0.4 is 0 Å². The fraction of sp³-hybridized carbons (Fsp3) is 0.125. The Kier molecular flexibility index (Phi) is 7.97. The fourth-order valence-corrected chi connectivity index (χ4v) is 4.27. The zero-order chi connectivity index (χ0) is 24.1. The maximum Gasteiger partial charge on any atom is 0.416 e. The van der Waals surface area contributed by atoms with Crippen molar-refractivity contribution in [2.45, 2.75) is 29.1 Å². The van der Waals surface area contributed by atoms with E-state index in [9.17, 15) is 26.3 Å². The molecule has 0 aromatic heterocycles. The fourth-order valence-electron chi connectivity index (χ4n) is 2.61. The van der Waals surface area contributed by atoms with Crippen LogP contribution in [-0.2, 0) is 12.4 Å². The lowest BCUT2D eigenvalue weighted by Crippen LogP contribution is -2.04. The van der Waals surface area contributed by atoms with E-state index in [4.69, 9.17) is 0 Å². The second-order valence-electron chi connectivity index (χ2n) is 6.86. The summed E-state index contributed by atoms with van der Waals surface area (Å²) in [5, 5.41) is 1.95. The van der Waals surface area contributed by atoms with E-state index in [2.05, 4.69) is 4.99 Å². The third kappa shape index (κ3) is 7.71. The van der Waals surface area contributed by atoms with Gasteiger partial charge in [0.25, 0.3) is 0 Å². The number of nitrogens with zero attached hydrogens (tertiary/aromatic N) is 1. The smallest absolute Gasteiger partial charge is 0.242 e. The molecule has 0 amide bonds. The van der Waals surface area contributed by atoms with Gasteiger partial charge in [-0.2, -0.15) is 26.3 Å². The lowest BCUT2D eigenvalue weighted by atomic mass is 10.2. The minimum atomic E-state index is -4.47. The van der Waals surface area contributed by atoms with Crippen molar-refractivity contribution in [1.82, 2.24) is 0 Å². The molecule has 9 heteroatoms. The number of aliphatic imine (C=N–C) groups is 1. The van der Waals surface area contributed by atoms with Gasteiger partial charge in [0.05, 0.1) is 16.8 Å². The molecular weight excluding hydrogens is 480 g/mol. The van der Waals surface area contributed by atoms with Crippen molar-refractivity contribution >= 4 is 34.3 Å². The second kappa shape index (κ2) is 10.5. The topological polar surface area (TPSA) is 12.4 Å². The summed E-state index contributed by atoms with van der Waals surface area (Å²) in [6, 6.07) is 17.0. The van der Waals surface area contributed by atoms with Gasteiger partial charge in [0.15, 0.2) is 0 Å². The highest BCUT2D eigenvalue weighted by Crippen LogP contribution is 2.34. The SMILES string of the molecule is Cc1ccc(N=C(C=CSc2cccc(C(F)(F)F)c2)Sc2cccc(C(F)(F)F)c2)cc1. The van der Waals surface area contributed by atoms with Crippen LogP contribution in [0.3, 0.4) is 0 Å². The highest BCUT2D eigenvalue weighted by Gasteiger charge is 2.31. The van der Waals surface area contributed by atoms with Crippen LogP contribution in [-0.4, -0.2) is 5.04 Å². The van der Waals surface area contributed by atoms with Gasteiger partial charge in [0.1, 0.15) is 5.04 Å². The number of hydrogen-bond donors (Lipinski definition) is 0. The zero-order valence-corrected chi connectivity index (χ0v) is 18.7. The Morgan fingerprint density at radius 3 is 1.88 bits per heavy atom. The molecular formula is C24H17F6NS2. The summed E-state index contributed by atoms with van der Waals surface area (Å²) in [6.45, 7) is 1.91. The van der Waals surface area contributed by atoms with Crippen LogP contribution in [0.25, 0.3) is 0 Å². The largest absolute Gasteiger partial charge is 0.416 e. The summed E-state index contributed by atoms with van der Waals surface area (Å²) in [4.78, 5) is 5.21. The summed E-state index contributed by atoms with van der Waals surface area (Å²) in [5.74, 6) is 0. The van der Waals surface area contributed by atoms with Gasteiger partial charge in [0.2, 0.25) is 0 Å². The predicted octanol–water partition coefficient (Wildman–Crippen LogP) is 9.16. The monoisotopic (exact) mass is 497 g/mol. The van der Waals surface area contributed by atoms with Gasteiger partial charge in [-0.1, -0.05) is 53.4 Å². The van der Waals surface area contributed by atoms with Gasteiger partial charge in [-0.15, -0.1) is 0 Å². The van der Waals surface area contributed by atoms with Crippen molar-refractivity contribution < 1.29 is 26.3 Å². The van der Waals surface area contributed by atoms with Crippen molar-refractivity contribution in [1.29, 1.82) is 0 Å². The summed E-state index contributed by atoms with van der Waals surface area (Å²) in [6.07, 6.45) is -7.35. The summed E-state index contributed by atoms with van der Waals surface area (Å²) in [7, 11) is 0. The molecule has 0 unspecified atom stereocenters. The first-order valence-corrected chi connectivity index (χ1v) is 11.2. The Labute approximate surface area is 195 Å². The highest BCUT2D eigenvalue weighted by molar-refractivity contribution is 8.14. The van der Waals surface area contributed by atoms with Gasteiger partial charge in [-0.05, 0) is 66.9 Å². The van der Waals surface area contributed by atoms with Crippen LogP contribution in [0.2, 0.25) is 0 Å². The molecule has 0 aliphatic heterocycles. The minimum absolute atomic E-state index is 0.337. The number of alkyl halides is 6. The molecule has 0 spiro atoms. The lowest BCUT2D eigenvalue weighted by Gasteiger charge is -2.09. The molecule has 0 fully saturated rings. The first kappa shape index (κ1) is 25.0. The number of hydrogen-bond acceptors (Lipinski definition) is 3. The standard InChI is InChI=1S/C24H17F6NS2/c1-16-8-10-19(11-9-16)31-22(33-21-7-3-5-18(15-21)24(28,29)30)12-13-32-20-6-2-4-17(14-20)23(25,26)27/h2-15H,1H3. The Bertz CT molecular complexity index is 1150. The third-order valence-electron chi connectivity index (χ3n) is 4.23. The number of benzene rings is 3. The normalized spacial score (nSPS) is 13.0. The molecule has 0 aliphatic carbocycles. The first-order chi connectivity index (χ1) is 15.5. The van der Waals surface area contributed by atoms with Crippen LogP contribution >= 0.6 is 23.5 Å². The predicted molar refractivity (Wildman–Crippen MR) is 122 cm³/mol. The molecule has 0 radical (unpaired) electrons. The average molecular weight is 498 g/mol. The number of halogens is 6. The van der Waals surface area contributed by atoms with Crippen LogP contribution in [0.15, 0.2) is 99.1 Å². The van der Waals surface area contributed by atoms with E-state index in [1.54, 1.807) is 35.7 Å². The molecule has 0 bridgehead atoms. The van der Waals surface area contributed by atoms with Crippen molar-refractivity contribution in [3.63, 3.8) is 0 Å². The molecule has 0 saturated heterocycles. The Morgan fingerprint density at radius 2 is 1.30 bits per heavy atom. The van der Waals surface area contributed by atoms with Gasteiger partial charge in [0, 0.05) is 9.79 Å². The van der Waals surface area contributed by atoms with Gasteiger partial charge >= 0.3 is 12.4 Å². The van der Waals surface area contributed by atoms with E-state index in [0.717, 1.165) is 53.4 Å². The maximum absolute atomic E-state index is 13.1. The van der Waals surface area contributed by atoms with E-state index >= 15 is 0 Å². The zero-order valence-electron chi connectivity index (χ0n) is 17.1. The molecule has 33 heavy (non-hydrogen) atoms. The molecule has 0 heterocycles. The van der Waals surface area contributed by atoms with Crippen molar-refractivity contribution in [2.24, 2.45) is 4.99 Å². The van der Waals surface area contributed by atoms with E-state index in [-0.39, 0.29) is 0 Å². The van der Waals surface area contributed by atoms with Gasteiger partial charge < -0.3 is 0 Å². The number of rotatable bonds is 5.